The van der Waals surface area contributed by atoms with Gasteiger partial charge in [0.25, 0.3) is 0 Å². The Morgan fingerprint density at radius 2 is 1.95 bits per heavy atom. The highest BCUT2D eigenvalue weighted by atomic mass is 19.1. The lowest BCUT2D eigenvalue weighted by Gasteiger charge is -2.36. The molecule has 1 aliphatic carbocycles. The highest BCUT2D eigenvalue weighted by molar-refractivity contribution is 6.62. The van der Waals surface area contributed by atoms with Crippen molar-refractivity contribution in [1.29, 1.82) is 0 Å². The Morgan fingerprint density at radius 3 is 2.55 bits per heavy atom. The van der Waals surface area contributed by atoms with Crippen LogP contribution in [0.3, 0.4) is 0 Å². The summed E-state index contributed by atoms with van der Waals surface area (Å²) in [6.07, 6.45) is 5.48. The van der Waals surface area contributed by atoms with E-state index in [1.54, 1.807) is 6.07 Å². The van der Waals surface area contributed by atoms with Crippen LogP contribution < -0.4 is 5.46 Å². The minimum absolute atomic E-state index is 0.204. The third kappa shape index (κ3) is 2.83. The maximum Gasteiger partial charge on any atom is 0.497 e. The fourth-order valence-corrected chi connectivity index (χ4v) is 3.20. The molecule has 0 N–H and O–H groups in total. The zero-order chi connectivity index (χ0) is 16.0. The predicted molar refractivity (Wildman–Crippen MR) is 87.9 cm³/mol. The summed E-state index contributed by atoms with van der Waals surface area (Å²) in [6.45, 7) is 8.33. The van der Waals surface area contributed by atoms with Crippen LogP contribution in [0.1, 0.15) is 71.3 Å². The zero-order valence-electron chi connectivity index (χ0n) is 14.1. The normalized spacial score (nSPS) is 27.4. The minimum atomic E-state index is -0.606. The topological polar surface area (TPSA) is 18.5 Å². The maximum atomic E-state index is 14.5. The van der Waals surface area contributed by atoms with Crippen LogP contribution in [0.15, 0.2) is 18.2 Å². The van der Waals surface area contributed by atoms with E-state index in [1.807, 2.05) is 26.0 Å². The molecule has 0 amide bonds. The second kappa shape index (κ2) is 5.65. The van der Waals surface area contributed by atoms with Crippen molar-refractivity contribution in [3.63, 3.8) is 0 Å². The van der Waals surface area contributed by atoms with E-state index >= 15 is 0 Å². The van der Waals surface area contributed by atoms with Gasteiger partial charge in [-0.3, -0.25) is 0 Å². The van der Waals surface area contributed by atoms with Crippen LogP contribution in [0.4, 0.5) is 4.39 Å². The van der Waals surface area contributed by atoms with Gasteiger partial charge in [-0.15, -0.1) is 0 Å². The van der Waals surface area contributed by atoms with Gasteiger partial charge in [0.2, 0.25) is 0 Å². The molecule has 1 atom stereocenters. The SMILES string of the molecule is CCCCC1(C)OB(c2ccc(C3CC3)cc2F)OC1(C)C. The lowest BCUT2D eigenvalue weighted by molar-refractivity contribution is -0.0169. The fourth-order valence-electron chi connectivity index (χ4n) is 3.20. The fraction of sp³-hybridized carbons (Fsp3) is 0.667. The van der Waals surface area contributed by atoms with Crippen molar-refractivity contribution in [3.8, 4) is 0 Å². The van der Waals surface area contributed by atoms with E-state index in [2.05, 4.69) is 13.8 Å². The minimum Gasteiger partial charge on any atom is -0.399 e. The first-order valence-electron chi connectivity index (χ1n) is 8.51. The molecule has 0 spiro atoms. The van der Waals surface area contributed by atoms with E-state index in [9.17, 15) is 4.39 Å². The molecule has 22 heavy (non-hydrogen) atoms. The molecule has 1 aliphatic heterocycles. The quantitative estimate of drug-likeness (QED) is 0.760. The summed E-state index contributed by atoms with van der Waals surface area (Å²) in [5.74, 6) is 0.352. The summed E-state index contributed by atoms with van der Waals surface area (Å²) >= 11 is 0. The number of unbranched alkanes of at least 4 members (excludes halogenated alkanes) is 1. The highest BCUT2D eigenvalue weighted by Gasteiger charge is 2.54. The summed E-state index contributed by atoms with van der Waals surface area (Å²) < 4.78 is 26.8. The lowest BCUT2D eigenvalue weighted by atomic mass is 9.78. The number of halogens is 1. The molecule has 1 saturated carbocycles. The summed E-state index contributed by atoms with van der Waals surface area (Å²) in [7, 11) is -0.606. The summed E-state index contributed by atoms with van der Waals surface area (Å²) in [5, 5.41) is 0. The number of hydrogen-bond acceptors (Lipinski definition) is 2. The van der Waals surface area contributed by atoms with Gasteiger partial charge in [-0.05, 0) is 57.6 Å². The lowest BCUT2D eigenvalue weighted by Crippen LogP contribution is -2.44. The van der Waals surface area contributed by atoms with Crippen molar-refractivity contribution in [3.05, 3.63) is 29.6 Å². The maximum absolute atomic E-state index is 14.5. The molecule has 0 bridgehead atoms. The van der Waals surface area contributed by atoms with Crippen LogP contribution in [0, 0.1) is 5.82 Å². The van der Waals surface area contributed by atoms with E-state index in [4.69, 9.17) is 9.31 Å². The van der Waals surface area contributed by atoms with E-state index < -0.39 is 12.7 Å². The number of hydrogen-bond donors (Lipinski definition) is 0. The third-order valence-electron chi connectivity index (χ3n) is 5.38. The molecule has 1 unspecified atom stereocenters. The van der Waals surface area contributed by atoms with Gasteiger partial charge in [0.1, 0.15) is 5.82 Å². The van der Waals surface area contributed by atoms with Crippen LogP contribution in [-0.2, 0) is 9.31 Å². The molecule has 1 heterocycles. The molecule has 3 rings (SSSR count). The molecule has 2 fully saturated rings. The first-order chi connectivity index (χ1) is 10.4. The summed E-state index contributed by atoms with van der Waals surface area (Å²) in [6, 6.07) is 5.53. The molecule has 0 aromatic heterocycles. The molecule has 2 aliphatic rings. The van der Waals surface area contributed by atoms with Crippen molar-refractivity contribution in [1.82, 2.24) is 0 Å². The number of benzene rings is 1. The van der Waals surface area contributed by atoms with E-state index in [-0.39, 0.29) is 11.4 Å². The van der Waals surface area contributed by atoms with Gasteiger partial charge in [0, 0.05) is 5.46 Å². The van der Waals surface area contributed by atoms with Crippen LogP contribution in [0.25, 0.3) is 0 Å². The van der Waals surface area contributed by atoms with Crippen LogP contribution in [-0.4, -0.2) is 18.3 Å². The van der Waals surface area contributed by atoms with Crippen molar-refractivity contribution < 1.29 is 13.7 Å². The average molecular weight is 304 g/mol. The standard InChI is InChI=1S/C18H26BFO2/c1-5-6-11-18(4)17(2,3)21-19(22-18)15-10-9-14(12-16(15)20)13-7-8-13/h9-10,12-13H,5-8,11H2,1-4H3. The molecule has 1 aromatic rings. The zero-order valence-corrected chi connectivity index (χ0v) is 14.1. The third-order valence-corrected chi connectivity index (χ3v) is 5.38. The van der Waals surface area contributed by atoms with Gasteiger partial charge in [-0.1, -0.05) is 31.9 Å². The smallest absolute Gasteiger partial charge is 0.399 e. The monoisotopic (exact) mass is 304 g/mol. The van der Waals surface area contributed by atoms with E-state index in [0.717, 1.165) is 24.8 Å². The second-order valence-electron chi connectivity index (χ2n) is 7.47. The van der Waals surface area contributed by atoms with Crippen molar-refractivity contribution in [2.75, 3.05) is 0 Å². The van der Waals surface area contributed by atoms with Crippen LogP contribution in [0.2, 0.25) is 0 Å². The Labute approximate surface area is 133 Å². The molecular weight excluding hydrogens is 278 g/mol. The van der Waals surface area contributed by atoms with Gasteiger partial charge in [0.15, 0.2) is 0 Å². The Balaban J connectivity index is 1.81. The van der Waals surface area contributed by atoms with Gasteiger partial charge in [0.05, 0.1) is 11.2 Å². The summed E-state index contributed by atoms with van der Waals surface area (Å²) in [4.78, 5) is 0. The molecular formula is C18H26BFO2. The Morgan fingerprint density at radius 1 is 1.23 bits per heavy atom. The van der Waals surface area contributed by atoms with Gasteiger partial charge < -0.3 is 9.31 Å². The van der Waals surface area contributed by atoms with Crippen LogP contribution in [0.5, 0.6) is 0 Å². The summed E-state index contributed by atoms with van der Waals surface area (Å²) in [5.41, 5.74) is 0.828. The van der Waals surface area contributed by atoms with Crippen molar-refractivity contribution in [2.45, 2.75) is 76.9 Å². The first kappa shape index (κ1) is 16.0. The Kier molecular flexibility index (Phi) is 4.11. The average Bonchev–Trinajstić information content (AvgIpc) is 3.25. The molecule has 4 heteroatoms. The van der Waals surface area contributed by atoms with Gasteiger partial charge in [-0.2, -0.15) is 0 Å². The second-order valence-corrected chi connectivity index (χ2v) is 7.47. The Bertz CT molecular complexity index is 556. The van der Waals surface area contributed by atoms with E-state index in [1.165, 1.54) is 12.8 Å². The molecule has 1 saturated heterocycles. The van der Waals surface area contributed by atoms with Gasteiger partial charge in [-0.25, -0.2) is 4.39 Å². The van der Waals surface area contributed by atoms with Gasteiger partial charge >= 0.3 is 7.12 Å². The first-order valence-corrected chi connectivity index (χ1v) is 8.51. The highest BCUT2D eigenvalue weighted by Crippen LogP contribution is 2.42. The van der Waals surface area contributed by atoms with Crippen LogP contribution >= 0.6 is 0 Å². The van der Waals surface area contributed by atoms with E-state index in [0.29, 0.717) is 11.4 Å². The number of rotatable bonds is 5. The van der Waals surface area contributed by atoms with Crippen molar-refractivity contribution >= 4 is 12.6 Å². The molecule has 1 aromatic carbocycles. The predicted octanol–water partition coefficient (Wildman–Crippen LogP) is 4.17. The molecule has 0 radical (unpaired) electrons. The molecule has 2 nitrogen and oxygen atoms in total. The Hall–Kier alpha value is -0.865. The molecule has 120 valence electrons. The largest absolute Gasteiger partial charge is 0.497 e. The van der Waals surface area contributed by atoms with Crippen molar-refractivity contribution in [2.24, 2.45) is 0 Å².